The lowest BCUT2D eigenvalue weighted by Crippen LogP contribution is -2.38. The van der Waals surface area contributed by atoms with E-state index >= 15 is 0 Å². The fourth-order valence-corrected chi connectivity index (χ4v) is 3.95. The number of nitrogens with one attached hydrogen (secondary N) is 2. The molecule has 0 aliphatic carbocycles. The van der Waals surface area contributed by atoms with Gasteiger partial charge in [-0.1, -0.05) is 12.1 Å². The fraction of sp³-hybridized carbons (Fsp3) is 0.280. The summed E-state index contributed by atoms with van der Waals surface area (Å²) in [6.45, 7) is 2.85. The van der Waals surface area contributed by atoms with Crippen LogP contribution in [0.3, 0.4) is 0 Å². The summed E-state index contributed by atoms with van der Waals surface area (Å²) in [6.07, 6.45) is 5.22. The minimum Gasteiger partial charge on any atom is -0.493 e. The van der Waals surface area contributed by atoms with Gasteiger partial charge in [-0.3, -0.25) is 19.5 Å². The minimum absolute atomic E-state index is 0.178. The largest absolute Gasteiger partial charge is 0.493 e. The van der Waals surface area contributed by atoms with Crippen molar-refractivity contribution in [2.45, 2.75) is 13.0 Å². The number of amides is 2. The molecule has 34 heavy (non-hydrogen) atoms. The zero-order chi connectivity index (χ0) is 23.9. The quantitative estimate of drug-likeness (QED) is 0.531. The number of hydrogen-bond acceptors (Lipinski definition) is 7. The van der Waals surface area contributed by atoms with Crippen LogP contribution in [0.4, 0.5) is 5.69 Å². The summed E-state index contributed by atoms with van der Waals surface area (Å²) in [4.78, 5) is 35.4. The van der Waals surface area contributed by atoms with Gasteiger partial charge < -0.3 is 20.1 Å². The number of nitrogens with zero attached hydrogens (tertiary/aromatic N) is 3. The summed E-state index contributed by atoms with van der Waals surface area (Å²) < 4.78 is 10.8. The van der Waals surface area contributed by atoms with E-state index in [4.69, 9.17) is 9.47 Å². The lowest BCUT2D eigenvalue weighted by molar-refractivity contribution is 0.0948. The molecule has 1 aliphatic heterocycles. The molecule has 0 saturated carbocycles. The number of anilines is 1. The fourth-order valence-electron chi connectivity index (χ4n) is 3.95. The second-order valence-corrected chi connectivity index (χ2v) is 7.85. The molecule has 0 fully saturated rings. The molecule has 0 saturated heterocycles. The van der Waals surface area contributed by atoms with Crippen molar-refractivity contribution in [1.29, 1.82) is 0 Å². The van der Waals surface area contributed by atoms with E-state index in [1.54, 1.807) is 38.5 Å². The van der Waals surface area contributed by atoms with Crippen LogP contribution in [-0.2, 0) is 13.0 Å². The number of para-hydroxylation sites is 1. The number of methoxy groups -OCH3 is 2. The van der Waals surface area contributed by atoms with Crippen LogP contribution in [0.1, 0.15) is 32.0 Å². The smallest absolute Gasteiger partial charge is 0.275 e. The van der Waals surface area contributed by atoms with E-state index in [9.17, 15) is 9.59 Å². The highest BCUT2D eigenvalue weighted by Gasteiger charge is 2.20. The third-order valence-corrected chi connectivity index (χ3v) is 5.73. The van der Waals surface area contributed by atoms with Crippen molar-refractivity contribution < 1.29 is 19.1 Å². The topological polar surface area (TPSA) is 106 Å². The summed E-state index contributed by atoms with van der Waals surface area (Å²) in [5.41, 5.74) is 3.44. The third kappa shape index (κ3) is 5.32. The van der Waals surface area contributed by atoms with E-state index in [1.165, 1.54) is 29.7 Å². The summed E-state index contributed by atoms with van der Waals surface area (Å²) in [5.74, 6) is 0.787. The molecule has 0 bridgehead atoms. The number of carbonyl (C=O) groups excluding carboxylic acids is 2. The summed E-state index contributed by atoms with van der Waals surface area (Å²) in [7, 11) is 3.27. The molecule has 2 heterocycles. The van der Waals surface area contributed by atoms with E-state index in [-0.39, 0.29) is 11.6 Å². The van der Waals surface area contributed by atoms with Gasteiger partial charge in [-0.05, 0) is 41.8 Å². The molecule has 176 valence electrons. The van der Waals surface area contributed by atoms with Crippen molar-refractivity contribution in [3.05, 3.63) is 77.4 Å². The Balaban J connectivity index is 1.34. The number of benzene rings is 2. The third-order valence-electron chi connectivity index (χ3n) is 5.73. The van der Waals surface area contributed by atoms with Gasteiger partial charge >= 0.3 is 0 Å². The number of fused-ring (bicyclic) bond motifs is 1. The Morgan fingerprint density at radius 2 is 1.79 bits per heavy atom. The Hall–Kier alpha value is -3.98. The van der Waals surface area contributed by atoms with Gasteiger partial charge in [-0.15, -0.1) is 0 Å². The molecule has 0 atom stereocenters. The van der Waals surface area contributed by atoms with Gasteiger partial charge in [0.05, 0.1) is 31.7 Å². The van der Waals surface area contributed by atoms with Crippen LogP contribution >= 0.6 is 0 Å². The summed E-state index contributed by atoms with van der Waals surface area (Å²) >= 11 is 0. The van der Waals surface area contributed by atoms with Crippen molar-refractivity contribution in [2.24, 2.45) is 0 Å². The zero-order valence-corrected chi connectivity index (χ0v) is 19.2. The lowest BCUT2D eigenvalue weighted by Gasteiger charge is -2.29. The predicted molar refractivity (Wildman–Crippen MR) is 127 cm³/mol. The monoisotopic (exact) mass is 461 g/mol. The van der Waals surface area contributed by atoms with Crippen LogP contribution in [0.25, 0.3) is 0 Å². The number of carbonyl (C=O) groups is 2. The van der Waals surface area contributed by atoms with Gasteiger partial charge in [0.1, 0.15) is 5.69 Å². The Bertz CT molecular complexity index is 1170. The molecule has 1 aromatic heterocycles. The van der Waals surface area contributed by atoms with Crippen molar-refractivity contribution in [3.8, 4) is 11.5 Å². The molecule has 0 radical (unpaired) electrons. The van der Waals surface area contributed by atoms with Crippen LogP contribution in [-0.4, -0.2) is 60.5 Å². The Kier molecular flexibility index (Phi) is 7.34. The molecular formula is C25H27N5O4. The predicted octanol–water partition coefficient (Wildman–Crippen LogP) is 2.53. The van der Waals surface area contributed by atoms with Crippen LogP contribution in [0.5, 0.6) is 11.5 Å². The summed E-state index contributed by atoms with van der Waals surface area (Å²) in [5, 5.41) is 5.70. The molecule has 2 amide bonds. The maximum absolute atomic E-state index is 12.8. The highest BCUT2D eigenvalue weighted by molar-refractivity contribution is 6.08. The van der Waals surface area contributed by atoms with Crippen LogP contribution in [0, 0.1) is 0 Å². The molecule has 1 aliphatic rings. The van der Waals surface area contributed by atoms with E-state index < -0.39 is 5.91 Å². The van der Waals surface area contributed by atoms with Gasteiger partial charge in [0, 0.05) is 38.6 Å². The standard InChI is InChI=1S/C25H27N5O4/c1-33-22-13-17-7-11-30(16-18(17)14-23(22)34-2)12-10-28-24(31)19-5-3-4-6-20(19)29-25(32)21-15-26-8-9-27-21/h3-6,8-9,13-15H,7,10-12,16H2,1-2H3,(H,28,31)(H,29,32). The first-order valence-electron chi connectivity index (χ1n) is 11.0. The molecule has 0 spiro atoms. The average molecular weight is 462 g/mol. The normalized spacial score (nSPS) is 13.0. The Morgan fingerprint density at radius 3 is 2.53 bits per heavy atom. The molecule has 2 N–H and O–H groups in total. The second kappa shape index (κ2) is 10.8. The van der Waals surface area contributed by atoms with E-state index in [0.717, 1.165) is 31.0 Å². The Morgan fingerprint density at radius 1 is 1.03 bits per heavy atom. The van der Waals surface area contributed by atoms with Crippen LogP contribution in [0.15, 0.2) is 55.0 Å². The van der Waals surface area contributed by atoms with Crippen molar-refractivity contribution in [3.63, 3.8) is 0 Å². The lowest BCUT2D eigenvalue weighted by atomic mass is 9.99. The minimum atomic E-state index is -0.424. The van der Waals surface area contributed by atoms with Crippen LogP contribution < -0.4 is 20.1 Å². The maximum Gasteiger partial charge on any atom is 0.275 e. The van der Waals surface area contributed by atoms with E-state index in [0.29, 0.717) is 24.3 Å². The van der Waals surface area contributed by atoms with Gasteiger partial charge in [0.25, 0.3) is 11.8 Å². The highest BCUT2D eigenvalue weighted by Crippen LogP contribution is 2.33. The first-order chi connectivity index (χ1) is 16.6. The molecule has 2 aromatic carbocycles. The van der Waals surface area contributed by atoms with Gasteiger partial charge in [-0.2, -0.15) is 0 Å². The first kappa shape index (κ1) is 23.2. The maximum atomic E-state index is 12.8. The number of ether oxygens (including phenoxy) is 2. The van der Waals surface area contributed by atoms with Gasteiger partial charge in [0.15, 0.2) is 11.5 Å². The van der Waals surface area contributed by atoms with E-state index in [2.05, 4.69) is 25.5 Å². The second-order valence-electron chi connectivity index (χ2n) is 7.85. The number of hydrogen-bond donors (Lipinski definition) is 2. The van der Waals surface area contributed by atoms with Crippen molar-refractivity contribution in [2.75, 3.05) is 39.2 Å². The zero-order valence-electron chi connectivity index (χ0n) is 19.2. The van der Waals surface area contributed by atoms with Crippen molar-refractivity contribution in [1.82, 2.24) is 20.2 Å². The number of rotatable bonds is 8. The highest BCUT2D eigenvalue weighted by atomic mass is 16.5. The molecule has 9 nitrogen and oxygen atoms in total. The van der Waals surface area contributed by atoms with Crippen molar-refractivity contribution >= 4 is 17.5 Å². The molecule has 3 aromatic rings. The number of aromatic nitrogens is 2. The van der Waals surface area contributed by atoms with E-state index in [1.807, 2.05) is 12.1 Å². The Labute approximate surface area is 198 Å². The molecule has 4 rings (SSSR count). The molecular weight excluding hydrogens is 434 g/mol. The summed E-state index contributed by atoms with van der Waals surface area (Å²) in [6, 6.07) is 11.0. The van der Waals surface area contributed by atoms with Gasteiger partial charge in [0.2, 0.25) is 0 Å². The van der Waals surface area contributed by atoms with Crippen LogP contribution in [0.2, 0.25) is 0 Å². The molecule has 0 unspecified atom stereocenters. The first-order valence-corrected chi connectivity index (χ1v) is 11.0. The SMILES string of the molecule is COc1cc2c(cc1OC)CN(CCNC(=O)c1ccccc1NC(=O)c1cnccn1)CC2. The molecule has 9 heteroatoms. The average Bonchev–Trinajstić information content (AvgIpc) is 2.88. The van der Waals surface area contributed by atoms with Gasteiger partial charge in [-0.25, -0.2) is 4.98 Å².